The highest BCUT2D eigenvalue weighted by Gasteiger charge is 2.32. The molecule has 2 heteroatoms. The average Bonchev–Trinajstić information content (AvgIpc) is 2.18. The van der Waals surface area contributed by atoms with Gasteiger partial charge >= 0.3 is 0 Å². The highest BCUT2D eigenvalue weighted by molar-refractivity contribution is 4.85. The van der Waals surface area contributed by atoms with Crippen molar-refractivity contribution in [3.63, 3.8) is 0 Å². The van der Waals surface area contributed by atoms with Crippen molar-refractivity contribution >= 4 is 0 Å². The molecule has 1 aliphatic rings. The van der Waals surface area contributed by atoms with Crippen molar-refractivity contribution in [1.82, 2.24) is 0 Å². The summed E-state index contributed by atoms with van der Waals surface area (Å²) >= 11 is 0. The van der Waals surface area contributed by atoms with Crippen molar-refractivity contribution < 1.29 is 9.84 Å². The number of aliphatic hydroxyl groups is 1. The zero-order valence-corrected chi connectivity index (χ0v) is 9.59. The van der Waals surface area contributed by atoms with Crippen LogP contribution in [-0.2, 0) is 4.74 Å². The van der Waals surface area contributed by atoms with E-state index in [-0.39, 0.29) is 5.60 Å². The van der Waals surface area contributed by atoms with Gasteiger partial charge < -0.3 is 9.84 Å². The topological polar surface area (TPSA) is 29.5 Å². The van der Waals surface area contributed by atoms with Crippen molar-refractivity contribution in [2.45, 2.75) is 57.5 Å². The fourth-order valence-corrected chi connectivity index (χ4v) is 2.58. The molecule has 0 aromatic heterocycles. The number of methoxy groups -OCH3 is 1. The van der Waals surface area contributed by atoms with E-state index < -0.39 is 0 Å². The molecule has 2 atom stereocenters. The molecule has 2 nitrogen and oxygen atoms in total. The smallest absolute Gasteiger partial charge is 0.0651 e. The van der Waals surface area contributed by atoms with Crippen LogP contribution in [0.3, 0.4) is 0 Å². The van der Waals surface area contributed by atoms with Gasteiger partial charge in [0.05, 0.1) is 5.60 Å². The van der Waals surface area contributed by atoms with Gasteiger partial charge in [-0.1, -0.05) is 26.2 Å². The van der Waals surface area contributed by atoms with Crippen LogP contribution in [0, 0.1) is 5.92 Å². The minimum absolute atomic E-state index is 0.378. The van der Waals surface area contributed by atoms with Gasteiger partial charge in [0.25, 0.3) is 0 Å². The summed E-state index contributed by atoms with van der Waals surface area (Å²) in [6, 6.07) is 0. The van der Waals surface area contributed by atoms with Gasteiger partial charge in [-0.3, -0.25) is 0 Å². The van der Waals surface area contributed by atoms with E-state index in [0.717, 1.165) is 38.2 Å². The summed E-state index contributed by atoms with van der Waals surface area (Å²) in [5, 5.41) is 10.3. The van der Waals surface area contributed by atoms with Crippen LogP contribution in [-0.4, -0.2) is 24.4 Å². The minimum Gasteiger partial charge on any atom is -0.390 e. The van der Waals surface area contributed by atoms with Crippen LogP contribution in [0.25, 0.3) is 0 Å². The third-order valence-corrected chi connectivity index (χ3v) is 3.49. The minimum atomic E-state index is -0.378. The Kier molecular flexibility index (Phi) is 4.90. The molecule has 0 bridgehead atoms. The van der Waals surface area contributed by atoms with Crippen LogP contribution in [0.1, 0.15) is 51.9 Å². The fraction of sp³-hybridized carbons (Fsp3) is 1.00. The maximum atomic E-state index is 10.3. The van der Waals surface area contributed by atoms with Gasteiger partial charge in [0, 0.05) is 13.7 Å². The van der Waals surface area contributed by atoms with E-state index in [0.29, 0.717) is 0 Å². The second kappa shape index (κ2) is 5.72. The van der Waals surface area contributed by atoms with Crippen molar-refractivity contribution in [3.05, 3.63) is 0 Å². The van der Waals surface area contributed by atoms with E-state index in [1.165, 1.54) is 19.3 Å². The molecule has 0 aliphatic heterocycles. The first kappa shape index (κ1) is 12.0. The molecule has 0 aromatic rings. The molecule has 1 saturated carbocycles. The average molecular weight is 200 g/mol. The fourth-order valence-electron chi connectivity index (χ4n) is 2.58. The lowest BCUT2D eigenvalue weighted by molar-refractivity contribution is -0.0290. The molecule has 0 heterocycles. The third-order valence-electron chi connectivity index (χ3n) is 3.49. The number of hydrogen-bond acceptors (Lipinski definition) is 2. The SMILES string of the molecule is CCC1CCCC(O)(CCCOC)C1. The Morgan fingerprint density at radius 1 is 1.50 bits per heavy atom. The summed E-state index contributed by atoms with van der Waals surface area (Å²) in [7, 11) is 1.72. The van der Waals surface area contributed by atoms with Gasteiger partial charge in [-0.25, -0.2) is 0 Å². The van der Waals surface area contributed by atoms with Gasteiger partial charge in [0.2, 0.25) is 0 Å². The van der Waals surface area contributed by atoms with E-state index in [9.17, 15) is 5.11 Å². The summed E-state index contributed by atoms with van der Waals surface area (Å²) in [6.07, 6.45) is 7.62. The van der Waals surface area contributed by atoms with Crippen molar-refractivity contribution in [2.75, 3.05) is 13.7 Å². The molecule has 14 heavy (non-hydrogen) atoms. The molecule has 2 unspecified atom stereocenters. The second-order valence-electron chi connectivity index (χ2n) is 4.69. The zero-order chi connectivity index (χ0) is 10.4. The predicted octanol–water partition coefficient (Wildman–Crippen LogP) is 2.74. The van der Waals surface area contributed by atoms with Crippen LogP contribution < -0.4 is 0 Å². The first-order valence-corrected chi connectivity index (χ1v) is 5.91. The Morgan fingerprint density at radius 2 is 2.29 bits per heavy atom. The summed E-state index contributed by atoms with van der Waals surface area (Å²) in [5.74, 6) is 0.747. The monoisotopic (exact) mass is 200 g/mol. The molecule has 0 radical (unpaired) electrons. The molecule has 0 saturated heterocycles. The molecule has 1 aliphatic carbocycles. The molecule has 0 amide bonds. The van der Waals surface area contributed by atoms with E-state index in [2.05, 4.69) is 6.92 Å². The largest absolute Gasteiger partial charge is 0.390 e. The molecular formula is C12H24O2. The van der Waals surface area contributed by atoms with Crippen LogP contribution in [0.5, 0.6) is 0 Å². The maximum absolute atomic E-state index is 10.3. The second-order valence-corrected chi connectivity index (χ2v) is 4.69. The van der Waals surface area contributed by atoms with Gasteiger partial charge in [0.15, 0.2) is 0 Å². The Bertz CT molecular complexity index is 158. The molecule has 0 spiro atoms. The molecule has 1 rings (SSSR count). The Morgan fingerprint density at radius 3 is 2.93 bits per heavy atom. The first-order valence-electron chi connectivity index (χ1n) is 5.91. The van der Waals surface area contributed by atoms with E-state index in [1.807, 2.05) is 0 Å². The van der Waals surface area contributed by atoms with Crippen LogP contribution in [0.15, 0.2) is 0 Å². The number of ether oxygens (including phenoxy) is 1. The van der Waals surface area contributed by atoms with Crippen LogP contribution in [0.4, 0.5) is 0 Å². The molecular weight excluding hydrogens is 176 g/mol. The Labute approximate surface area is 87.7 Å². The quantitative estimate of drug-likeness (QED) is 0.691. The predicted molar refractivity (Wildman–Crippen MR) is 58.3 cm³/mol. The number of rotatable bonds is 5. The van der Waals surface area contributed by atoms with Gasteiger partial charge in [-0.15, -0.1) is 0 Å². The maximum Gasteiger partial charge on any atom is 0.0651 e. The van der Waals surface area contributed by atoms with Crippen molar-refractivity contribution in [2.24, 2.45) is 5.92 Å². The molecule has 1 fully saturated rings. The van der Waals surface area contributed by atoms with E-state index >= 15 is 0 Å². The molecule has 84 valence electrons. The highest BCUT2D eigenvalue weighted by atomic mass is 16.5. The van der Waals surface area contributed by atoms with Crippen molar-refractivity contribution in [3.8, 4) is 0 Å². The zero-order valence-electron chi connectivity index (χ0n) is 9.59. The summed E-state index contributed by atoms with van der Waals surface area (Å²) in [5.41, 5.74) is -0.378. The lowest BCUT2D eigenvalue weighted by atomic mass is 9.75. The first-order chi connectivity index (χ1) is 6.70. The number of hydrogen-bond donors (Lipinski definition) is 1. The normalized spacial score (nSPS) is 33.2. The highest BCUT2D eigenvalue weighted by Crippen LogP contribution is 2.36. The van der Waals surface area contributed by atoms with E-state index in [4.69, 9.17) is 4.74 Å². The lowest BCUT2D eigenvalue weighted by Gasteiger charge is -2.36. The van der Waals surface area contributed by atoms with Gasteiger partial charge in [0.1, 0.15) is 0 Å². The summed E-state index contributed by atoms with van der Waals surface area (Å²) < 4.78 is 5.02. The van der Waals surface area contributed by atoms with Gasteiger partial charge in [-0.05, 0) is 31.6 Å². The standard InChI is InChI=1S/C12H24O2/c1-3-11-6-4-7-12(13,10-11)8-5-9-14-2/h11,13H,3-10H2,1-2H3. The van der Waals surface area contributed by atoms with Crippen LogP contribution >= 0.6 is 0 Å². The van der Waals surface area contributed by atoms with Crippen LogP contribution in [0.2, 0.25) is 0 Å². The molecule has 1 N–H and O–H groups in total. The summed E-state index contributed by atoms with van der Waals surface area (Å²) in [6.45, 7) is 3.00. The Hall–Kier alpha value is -0.0800. The molecule has 0 aromatic carbocycles. The third kappa shape index (κ3) is 3.58. The Balaban J connectivity index is 2.31. The summed E-state index contributed by atoms with van der Waals surface area (Å²) in [4.78, 5) is 0. The van der Waals surface area contributed by atoms with Gasteiger partial charge in [-0.2, -0.15) is 0 Å². The van der Waals surface area contributed by atoms with E-state index in [1.54, 1.807) is 7.11 Å². The van der Waals surface area contributed by atoms with Crippen molar-refractivity contribution in [1.29, 1.82) is 0 Å². The lowest BCUT2D eigenvalue weighted by Crippen LogP contribution is -2.35.